The van der Waals surface area contributed by atoms with Crippen molar-refractivity contribution in [3.05, 3.63) is 65.9 Å². The van der Waals surface area contributed by atoms with Crippen molar-refractivity contribution in [1.29, 1.82) is 0 Å². The highest BCUT2D eigenvalue weighted by Crippen LogP contribution is 2.51. The second kappa shape index (κ2) is 4.67. The molecule has 2 aromatic carbocycles. The summed E-state index contributed by atoms with van der Waals surface area (Å²) in [6.07, 6.45) is 7.52. The molecule has 0 unspecified atom stereocenters. The Morgan fingerprint density at radius 1 is 0.727 bits per heavy atom. The van der Waals surface area contributed by atoms with Crippen molar-refractivity contribution in [3.8, 4) is 11.3 Å². The summed E-state index contributed by atoms with van der Waals surface area (Å²) in [7, 11) is 0. The molecule has 1 heterocycles. The molecule has 0 radical (unpaired) electrons. The molecule has 0 aliphatic heterocycles. The topological polar surface area (TPSA) is 12.9 Å². The fourth-order valence-corrected chi connectivity index (χ4v) is 4.63. The highest BCUT2D eigenvalue weighted by Gasteiger charge is 2.34. The third-order valence-corrected chi connectivity index (χ3v) is 5.64. The minimum atomic E-state index is 0.773. The molecule has 1 nitrogen and oxygen atoms in total. The summed E-state index contributed by atoms with van der Waals surface area (Å²) >= 11 is 0. The molecule has 3 aliphatic carbocycles. The third-order valence-electron chi connectivity index (χ3n) is 5.64. The van der Waals surface area contributed by atoms with E-state index in [2.05, 4.69) is 53.5 Å². The fraction of sp³-hybridized carbons (Fsp3) is 0.286. The van der Waals surface area contributed by atoms with Gasteiger partial charge in [0.2, 0.25) is 0 Å². The van der Waals surface area contributed by atoms with Gasteiger partial charge in [0.25, 0.3) is 0 Å². The maximum absolute atomic E-state index is 4.69. The van der Waals surface area contributed by atoms with Crippen LogP contribution in [-0.4, -0.2) is 4.98 Å². The molecule has 6 rings (SSSR count). The quantitative estimate of drug-likeness (QED) is 0.562. The van der Waals surface area contributed by atoms with E-state index in [4.69, 9.17) is 0 Å². The lowest BCUT2D eigenvalue weighted by molar-refractivity contribution is 0.361. The summed E-state index contributed by atoms with van der Waals surface area (Å²) < 4.78 is 0. The lowest BCUT2D eigenvalue weighted by Gasteiger charge is -2.39. The molecule has 3 aliphatic rings. The minimum absolute atomic E-state index is 0.773. The summed E-state index contributed by atoms with van der Waals surface area (Å²) in [4.78, 5) is 4.69. The van der Waals surface area contributed by atoms with Gasteiger partial charge in [-0.05, 0) is 60.1 Å². The van der Waals surface area contributed by atoms with Crippen molar-refractivity contribution in [1.82, 2.24) is 4.98 Å². The Kier molecular flexibility index (Phi) is 2.63. The number of benzene rings is 2. The average molecular weight is 285 g/mol. The monoisotopic (exact) mass is 285 g/mol. The van der Waals surface area contributed by atoms with Crippen molar-refractivity contribution >= 4 is 10.8 Å². The van der Waals surface area contributed by atoms with Crippen molar-refractivity contribution in [3.63, 3.8) is 0 Å². The highest BCUT2D eigenvalue weighted by molar-refractivity contribution is 5.97. The SMILES string of the molecule is c1ccc(-c2nccc3c4c(ccc23)C2CCC4CC2)cc1. The van der Waals surface area contributed by atoms with Crippen LogP contribution in [0, 0.1) is 0 Å². The second-order valence-corrected chi connectivity index (χ2v) is 6.74. The number of nitrogens with zero attached hydrogens (tertiary/aromatic N) is 1. The number of hydrogen-bond donors (Lipinski definition) is 0. The van der Waals surface area contributed by atoms with Gasteiger partial charge >= 0.3 is 0 Å². The summed E-state index contributed by atoms with van der Waals surface area (Å²) in [6, 6.07) is 17.5. The van der Waals surface area contributed by atoms with E-state index in [0.29, 0.717) is 0 Å². The Labute approximate surface area is 131 Å². The third kappa shape index (κ3) is 1.68. The normalized spacial score (nSPS) is 22.7. The molecular formula is C21H19N. The van der Waals surface area contributed by atoms with Crippen LogP contribution in [0.1, 0.15) is 48.6 Å². The van der Waals surface area contributed by atoms with E-state index < -0.39 is 0 Å². The van der Waals surface area contributed by atoms with Crippen molar-refractivity contribution in [2.75, 3.05) is 0 Å². The molecule has 0 N–H and O–H groups in total. The first-order chi connectivity index (χ1) is 10.9. The largest absolute Gasteiger partial charge is 0.256 e. The van der Waals surface area contributed by atoms with E-state index in [1.807, 2.05) is 6.20 Å². The van der Waals surface area contributed by atoms with E-state index in [0.717, 1.165) is 17.5 Å². The summed E-state index contributed by atoms with van der Waals surface area (Å²) in [5.74, 6) is 1.58. The van der Waals surface area contributed by atoms with Crippen LogP contribution in [0.3, 0.4) is 0 Å². The van der Waals surface area contributed by atoms with Gasteiger partial charge in [-0.25, -0.2) is 0 Å². The smallest absolute Gasteiger partial charge is 0.0780 e. The number of fused-ring (bicyclic) bond motifs is 3. The zero-order valence-electron chi connectivity index (χ0n) is 12.6. The zero-order valence-corrected chi connectivity index (χ0v) is 12.6. The molecular weight excluding hydrogens is 266 g/mol. The van der Waals surface area contributed by atoms with Gasteiger partial charge in [0.15, 0.2) is 0 Å². The average Bonchev–Trinajstić information content (AvgIpc) is 2.62. The van der Waals surface area contributed by atoms with Crippen LogP contribution < -0.4 is 0 Å². The summed E-state index contributed by atoms with van der Waals surface area (Å²) in [6.45, 7) is 0. The van der Waals surface area contributed by atoms with Crippen LogP contribution in [0.25, 0.3) is 22.0 Å². The molecule has 1 saturated carbocycles. The predicted molar refractivity (Wildman–Crippen MR) is 91.1 cm³/mol. The van der Waals surface area contributed by atoms with Gasteiger partial charge in [-0.3, -0.25) is 4.98 Å². The van der Waals surface area contributed by atoms with Gasteiger partial charge in [0.05, 0.1) is 5.69 Å². The van der Waals surface area contributed by atoms with Crippen LogP contribution in [0.4, 0.5) is 0 Å². The van der Waals surface area contributed by atoms with Crippen LogP contribution in [0.15, 0.2) is 54.7 Å². The van der Waals surface area contributed by atoms with Gasteiger partial charge < -0.3 is 0 Å². The van der Waals surface area contributed by atoms with Crippen LogP contribution in [0.5, 0.6) is 0 Å². The molecule has 1 aromatic heterocycles. The minimum Gasteiger partial charge on any atom is -0.256 e. The van der Waals surface area contributed by atoms with Gasteiger partial charge in [0.1, 0.15) is 0 Å². The van der Waals surface area contributed by atoms with Crippen LogP contribution >= 0.6 is 0 Å². The Bertz CT molecular complexity index is 842. The molecule has 108 valence electrons. The first kappa shape index (κ1) is 12.4. The maximum atomic E-state index is 4.69. The van der Waals surface area contributed by atoms with Gasteiger partial charge in [-0.1, -0.05) is 42.5 Å². The van der Waals surface area contributed by atoms with E-state index in [-0.39, 0.29) is 0 Å². The van der Waals surface area contributed by atoms with E-state index in [1.165, 1.54) is 42.0 Å². The van der Waals surface area contributed by atoms with Crippen LogP contribution in [0.2, 0.25) is 0 Å². The first-order valence-corrected chi connectivity index (χ1v) is 8.39. The van der Waals surface area contributed by atoms with Gasteiger partial charge in [-0.2, -0.15) is 0 Å². The number of hydrogen-bond acceptors (Lipinski definition) is 1. The van der Waals surface area contributed by atoms with E-state index in [9.17, 15) is 0 Å². The Balaban J connectivity index is 1.81. The van der Waals surface area contributed by atoms with Crippen molar-refractivity contribution in [2.24, 2.45) is 0 Å². The van der Waals surface area contributed by atoms with E-state index in [1.54, 1.807) is 11.1 Å². The van der Waals surface area contributed by atoms with Crippen LogP contribution in [-0.2, 0) is 0 Å². The fourth-order valence-electron chi connectivity index (χ4n) is 4.63. The predicted octanol–water partition coefficient (Wildman–Crippen LogP) is 5.66. The highest BCUT2D eigenvalue weighted by atomic mass is 14.7. The number of pyridine rings is 1. The standard InChI is InChI=1S/C21H19N/c1-2-4-16(5-3-1)21-19-11-10-17-14-6-8-15(9-7-14)20(17)18(19)12-13-22-21/h1-5,10-15H,6-9H2. The summed E-state index contributed by atoms with van der Waals surface area (Å²) in [5, 5.41) is 2.76. The Hall–Kier alpha value is -2.15. The molecule has 0 saturated heterocycles. The van der Waals surface area contributed by atoms with Gasteiger partial charge in [-0.15, -0.1) is 0 Å². The lowest BCUT2D eigenvalue weighted by Crippen LogP contribution is -2.21. The Morgan fingerprint density at radius 2 is 1.50 bits per heavy atom. The van der Waals surface area contributed by atoms with Gasteiger partial charge in [0, 0.05) is 17.1 Å². The molecule has 0 amide bonds. The summed E-state index contributed by atoms with van der Waals surface area (Å²) in [5.41, 5.74) is 5.61. The number of aromatic nitrogens is 1. The van der Waals surface area contributed by atoms with Crippen molar-refractivity contribution < 1.29 is 0 Å². The molecule has 0 spiro atoms. The molecule has 3 aromatic rings. The molecule has 2 bridgehead atoms. The molecule has 22 heavy (non-hydrogen) atoms. The first-order valence-electron chi connectivity index (χ1n) is 8.39. The van der Waals surface area contributed by atoms with E-state index >= 15 is 0 Å². The molecule has 1 fully saturated rings. The van der Waals surface area contributed by atoms with Crippen molar-refractivity contribution in [2.45, 2.75) is 37.5 Å². The zero-order chi connectivity index (χ0) is 14.5. The second-order valence-electron chi connectivity index (χ2n) is 6.74. The Morgan fingerprint density at radius 3 is 2.32 bits per heavy atom. The number of rotatable bonds is 1. The lowest BCUT2D eigenvalue weighted by atomic mass is 9.66. The molecule has 1 heteroatoms. The maximum Gasteiger partial charge on any atom is 0.0780 e. The molecule has 0 atom stereocenters.